The van der Waals surface area contributed by atoms with Gasteiger partial charge in [-0.3, -0.25) is 0 Å². The lowest BCUT2D eigenvalue weighted by Crippen LogP contribution is -2.26. The maximum atomic E-state index is 5.89. The molecule has 0 spiro atoms. The second-order valence-electron chi connectivity index (χ2n) is 4.40. The van der Waals surface area contributed by atoms with Gasteiger partial charge in [0, 0.05) is 10.9 Å². The van der Waals surface area contributed by atoms with Gasteiger partial charge in [0.1, 0.15) is 0 Å². The van der Waals surface area contributed by atoms with Gasteiger partial charge in [-0.1, -0.05) is 6.07 Å². The van der Waals surface area contributed by atoms with E-state index in [4.69, 9.17) is 5.73 Å². The van der Waals surface area contributed by atoms with E-state index in [9.17, 15) is 0 Å². The van der Waals surface area contributed by atoms with Crippen LogP contribution in [-0.2, 0) is 6.42 Å². The zero-order chi connectivity index (χ0) is 9.80. The van der Waals surface area contributed by atoms with Crippen LogP contribution in [0.1, 0.15) is 37.0 Å². The van der Waals surface area contributed by atoms with E-state index in [1.165, 1.54) is 38.5 Å². The maximum absolute atomic E-state index is 5.89. The van der Waals surface area contributed by atoms with E-state index >= 15 is 0 Å². The van der Waals surface area contributed by atoms with E-state index in [1.54, 1.807) is 4.88 Å². The Morgan fingerprint density at radius 3 is 2.71 bits per heavy atom. The topological polar surface area (TPSA) is 26.0 Å². The van der Waals surface area contributed by atoms with Crippen molar-refractivity contribution in [3.8, 4) is 0 Å². The minimum absolute atomic E-state index is 0.494. The molecule has 14 heavy (non-hydrogen) atoms. The molecule has 0 radical (unpaired) electrons. The predicted octanol–water partition coefficient (Wildman–Crippen LogP) is 3.20. The molecular weight excluding hydrogens is 190 g/mol. The SMILES string of the molecule is NC1CCC(CCc2cccs2)CC1. The zero-order valence-corrected chi connectivity index (χ0v) is 9.43. The molecule has 0 aliphatic heterocycles. The molecule has 0 amide bonds. The van der Waals surface area contributed by atoms with Gasteiger partial charge in [0.05, 0.1) is 0 Å². The van der Waals surface area contributed by atoms with Crippen molar-refractivity contribution in [3.63, 3.8) is 0 Å². The van der Waals surface area contributed by atoms with E-state index in [1.807, 2.05) is 11.3 Å². The van der Waals surface area contributed by atoms with Gasteiger partial charge in [-0.25, -0.2) is 0 Å². The van der Waals surface area contributed by atoms with Gasteiger partial charge < -0.3 is 5.73 Å². The van der Waals surface area contributed by atoms with Crippen LogP contribution in [0.4, 0.5) is 0 Å². The Hall–Kier alpha value is -0.340. The van der Waals surface area contributed by atoms with Gasteiger partial charge in [-0.15, -0.1) is 11.3 Å². The highest BCUT2D eigenvalue weighted by Crippen LogP contribution is 2.27. The van der Waals surface area contributed by atoms with Crippen molar-refractivity contribution in [1.29, 1.82) is 0 Å². The minimum atomic E-state index is 0.494. The standard InChI is InChI=1S/C12H19NS/c13-11-6-3-10(4-7-11)5-8-12-2-1-9-14-12/h1-2,9-11H,3-8,13H2. The number of nitrogens with two attached hydrogens (primary N) is 1. The summed E-state index contributed by atoms with van der Waals surface area (Å²) < 4.78 is 0. The van der Waals surface area contributed by atoms with Crippen molar-refractivity contribution in [2.24, 2.45) is 11.7 Å². The summed E-state index contributed by atoms with van der Waals surface area (Å²) >= 11 is 1.89. The second-order valence-corrected chi connectivity index (χ2v) is 5.43. The fourth-order valence-corrected chi connectivity index (χ4v) is 3.00. The lowest BCUT2D eigenvalue weighted by Gasteiger charge is -2.25. The van der Waals surface area contributed by atoms with Crippen LogP contribution in [0.3, 0.4) is 0 Å². The smallest absolute Gasteiger partial charge is 0.00453 e. The van der Waals surface area contributed by atoms with Crippen molar-refractivity contribution in [2.75, 3.05) is 0 Å². The van der Waals surface area contributed by atoms with Crippen molar-refractivity contribution in [2.45, 2.75) is 44.6 Å². The highest BCUT2D eigenvalue weighted by Gasteiger charge is 2.17. The highest BCUT2D eigenvalue weighted by atomic mass is 32.1. The number of rotatable bonds is 3. The van der Waals surface area contributed by atoms with Gasteiger partial charge in [0.25, 0.3) is 0 Å². The molecule has 1 aromatic rings. The monoisotopic (exact) mass is 209 g/mol. The summed E-state index contributed by atoms with van der Waals surface area (Å²) in [4.78, 5) is 1.54. The molecule has 2 N–H and O–H groups in total. The van der Waals surface area contributed by atoms with Crippen LogP contribution in [-0.4, -0.2) is 6.04 Å². The zero-order valence-electron chi connectivity index (χ0n) is 8.61. The fraction of sp³-hybridized carbons (Fsp3) is 0.667. The average molecular weight is 209 g/mol. The third-order valence-corrected chi connectivity index (χ3v) is 4.21. The molecule has 0 unspecified atom stereocenters. The summed E-state index contributed by atoms with van der Waals surface area (Å²) in [6.45, 7) is 0. The van der Waals surface area contributed by atoms with Crippen molar-refractivity contribution >= 4 is 11.3 Å². The number of thiophene rings is 1. The summed E-state index contributed by atoms with van der Waals surface area (Å²) in [6.07, 6.45) is 7.84. The van der Waals surface area contributed by atoms with Gasteiger partial charge in [0.2, 0.25) is 0 Å². The maximum Gasteiger partial charge on any atom is 0.00453 e. The predicted molar refractivity (Wildman–Crippen MR) is 62.6 cm³/mol. The van der Waals surface area contributed by atoms with Gasteiger partial charge in [0.15, 0.2) is 0 Å². The van der Waals surface area contributed by atoms with E-state index in [0.29, 0.717) is 6.04 Å². The van der Waals surface area contributed by atoms with E-state index < -0.39 is 0 Å². The Morgan fingerprint density at radius 2 is 2.07 bits per heavy atom. The van der Waals surface area contributed by atoms with Crippen molar-refractivity contribution < 1.29 is 0 Å². The number of aryl methyl sites for hydroxylation is 1. The van der Waals surface area contributed by atoms with Gasteiger partial charge in [-0.05, 0) is 55.9 Å². The molecule has 78 valence electrons. The van der Waals surface area contributed by atoms with Gasteiger partial charge >= 0.3 is 0 Å². The summed E-state index contributed by atoms with van der Waals surface area (Å²) in [6, 6.07) is 4.89. The largest absolute Gasteiger partial charge is 0.328 e. The first-order valence-corrected chi connectivity index (χ1v) is 6.50. The summed E-state index contributed by atoms with van der Waals surface area (Å²) in [7, 11) is 0. The molecule has 1 heterocycles. The molecule has 1 nitrogen and oxygen atoms in total. The lowest BCUT2D eigenvalue weighted by atomic mass is 9.84. The molecule has 0 bridgehead atoms. The van der Waals surface area contributed by atoms with Crippen LogP contribution in [0.15, 0.2) is 17.5 Å². The van der Waals surface area contributed by atoms with Crippen LogP contribution < -0.4 is 5.73 Å². The fourth-order valence-electron chi connectivity index (χ4n) is 2.28. The molecule has 1 saturated carbocycles. The Morgan fingerprint density at radius 1 is 1.29 bits per heavy atom. The van der Waals surface area contributed by atoms with E-state index in [-0.39, 0.29) is 0 Å². The van der Waals surface area contributed by atoms with Crippen LogP contribution in [0.25, 0.3) is 0 Å². The molecule has 1 aliphatic carbocycles. The quantitative estimate of drug-likeness (QED) is 0.813. The Labute approximate surface area is 90.3 Å². The first-order valence-electron chi connectivity index (χ1n) is 5.62. The van der Waals surface area contributed by atoms with Crippen molar-refractivity contribution in [1.82, 2.24) is 0 Å². The van der Waals surface area contributed by atoms with E-state index in [0.717, 1.165) is 5.92 Å². The molecule has 2 heteroatoms. The third-order valence-electron chi connectivity index (χ3n) is 3.27. The third kappa shape index (κ3) is 2.82. The van der Waals surface area contributed by atoms with Crippen LogP contribution in [0.5, 0.6) is 0 Å². The van der Waals surface area contributed by atoms with Gasteiger partial charge in [-0.2, -0.15) is 0 Å². The molecule has 1 aliphatic rings. The molecule has 0 saturated heterocycles. The minimum Gasteiger partial charge on any atom is -0.328 e. The first kappa shape index (κ1) is 10.2. The molecular formula is C12H19NS. The molecule has 0 aromatic carbocycles. The normalized spacial score (nSPS) is 27.8. The van der Waals surface area contributed by atoms with Crippen LogP contribution >= 0.6 is 11.3 Å². The number of hydrogen-bond donors (Lipinski definition) is 1. The average Bonchev–Trinajstić information content (AvgIpc) is 2.70. The Kier molecular flexibility index (Phi) is 3.60. The molecule has 2 rings (SSSR count). The summed E-state index contributed by atoms with van der Waals surface area (Å²) in [5, 5.41) is 2.17. The Balaban J connectivity index is 1.71. The van der Waals surface area contributed by atoms with Crippen LogP contribution in [0, 0.1) is 5.92 Å². The molecule has 0 atom stereocenters. The summed E-state index contributed by atoms with van der Waals surface area (Å²) in [5.74, 6) is 0.942. The summed E-state index contributed by atoms with van der Waals surface area (Å²) in [5.41, 5.74) is 5.89. The molecule has 1 fully saturated rings. The highest BCUT2D eigenvalue weighted by molar-refractivity contribution is 7.09. The second kappa shape index (κ2) is 4.94. The molecule has 1 aromatic heterocycles. The Bertz CT molecular complexity index is 247. The van der Waals surface area contributed by atoms with Crippen LogP contribution in [0.2, 0.25) is 0 Å². The number of hydrogen-bond acceptors (Lipinski definition) is 2. The van der Waals surface area contributed by atoms with Crippen molar-refractivity contribution in [3.05, 3.63) is 22.4 Å². The first-order chi connectivity index (χ1) is 6.84. The lowest BCUT2D eigenvalue weighted by molar-refractivity contribution is 0.311. The van der Waals surface area contributed by atoms with E-state index in [2.05, 4.69) is 17.5 Å².